The number of morpholine rings is 1. The summed E-state index contributed by atoms with van der Waals surface area (Å²) in [4.78, 5) is 27.3. The molecule has 3 rings (SSSR count). The monoisotopic (exact) mass is 363 g/mol. The van der Waals surface area contributed by atoms with Gasteiger partial charge in [0.25, 0.3) is 11.8 Å². The van der Waals surface area contributed by atoms with Crippen LogP contribution in [0.2, 0.25) is 0 Å². The zero-order chi connectivity index (χ0) is 19.4. The second kappa shape index (κ2) is 8.02. The van der Waals surface area contributed by atoms with Gasteiger partial charge in [-0.1, -0.05) is 12.1 Å². The highest BCUT2D eigenvalue weighted by Crippen LogP contribution is 2.21. The fraction of sp³-hybridized carbons (Fsp3) is 0.286. The van der Waals surface area contributed by atoms with Crippen molar-refractivity contribution in [2.24, 2.45) is 0 Å². The minimum atomic E-state index is -0.330. The predicted molar refractivity (Wildman–Crippen MR) is 101 cm³/mol. The number of para-hydroxylation sites is 1. The topological polar surface area (TPSA) is 82.4 Å². The molecule has 2 amide bonds. The first-order chi connectivity index (χ1) is 13.0. The van der Waals surface area contributed by atoms with Crippen molar-refractivity contribution < 1.29 is 14.3 Å². The lowest BCUT2D eigenvalue weighted by atomic mass is 10.1. The minimum absolute atomic E-state index is 0.0295. The van der Waals surface area contributed by atoms with Gasteiger partial charge in [-0.15, -0.1) is 0 Å². The van der Waals surface area contributed by atoms with Crippen molar-refractivity contribution in [2.75, 3.05) is 18.4 Å². The highest BCUT2D eigenvalue weighted by atomic mass is 16.5. The number of nitrogens with one attached hydrogen (secondary N) is 1. The summed E-state index contributed by atoms with van der Waals surface area (Å²) in [5, 5.41) is 11.7. The number of benzene rings is 2. The van der Waals surface area contributed by atoms with E-state index in [1.807, 2.05) is 19.9 Å². The van der Waals surface area contributed by atoms with E-state index in [2.05, 4.69) is 5.32 Å². The van der Waals surface area contributed by atoms with Gasteiger partial charge < -0.3 is 15.0 Å². The van der Waals surface area contributed by atoms with Gasteiger partial charge in [0, 0.05) is 18.7 Å². The largest absolute Gasteiger partial charge is 0.372 e. The first-order valence-electron chi connectivity index (χ1n) is 8.83. The predicted octanol–water partition coefficient (Wildman–Crippen LogP) is 3.06. The standard InChI is InChI=1S/C21H21N3O3/c1-14-12-24(13-15(2)27-14)21(26)18-5-3-4-6-19(18)23-20(25)17-9-7-16(11-22)8-10-17/h3-10,14-15H,12-13H2,1-2H3,(H,23,25)/t14-,15+. The number of nitriles is 1. The lowest BCUT2D eigenvalue weighted by molar-refractivity contribution is -0.0585. The molecule has 27 heavy (non-hydrogen) atoms. The third-order valence-electron chi connectivity index (χ3n) is 4.39. The van der Waals surface area contributed by atoms with Crippen LogP contribution in [0.4, 0.5) is 5.69 Å². The average molecular weight is 363 g/mol. The molecule has 6 heteroatoms. The van der Waals surface area contributed by atoms with Crippen LogP contribution in [0.25, 0.3) is 0 Å². The molecule has 1 aliphatic heterocycles. The molecule has 1 saturated heterocycles. The number of carbonyl (C=O) groups excluding carboxylic acids is 2. The maximum absolute atomic E-state index is 13.0. The number of hydrogen-bond donors (Lipinski definition) is 1. The Hall–Kier alpha value is -3.17. The molecule has 1 heterocycles. The van der Waals surface area contributed by atoms with Gasteiger partial charge in [0.05, 0.1) is 35.1 Å². The summed E-state index contributed by atoms with van der Waals surface area (Å²) in [5.74, 6) is -0.462. The summed E-state index contributed by atoms with van der Waals surface area (Å²) >= 11 is 0. The second-order valence-corrected chi connectivity index (χ2v) is 6.66. The highest BCUT2D eigenvalue weighted by molar-refractivity contribution is 6.09. The molecule has 1 aliphatic rings. The van der Waals surface area contributed by atoms with Crippen LogP contribution < -0.4 is 5.32 Å². The number of hydrogen-bond acceptors (Lipinski definition) is 4. The maximum Gasteiger partial charge on any atom is 0.256 e. The maximum atomic E-state index is 13.0. The van der Waals surface area contributed by atoms with Crippen LogP contribution in [-0.4, -0.2) is 42.0 Å². The Morgan fingerprint density at radius 2 is 1.70 bits per heavy atom. The highest BCUT2D eigenvalue weighted by Gasteiger charge is 2.28. The van der Waals surface area contributed by atoms with Gasteiger partial charge in [0.2, 0.25) is 0 Å². The lowest BCUT2D eigenvalue weighted by Gasteiger charge is -2.35. The van der Waals surface area contributed by atoms with E-state index in [0.29, 0.717) is 35.5 Å². The van der Waals surface area contributed by atoms with Crippen molar-refractivity contribution in [2.45, 2.75) is 26.1 Å². The lowest BCUT2D eigenvalue weighted by Crippen LogP contribution is -2.48. The first-order valence-corrected chi connectivity index (χ1v) is 8.83. The molecule has 0 aromatic heterocycles. The van der Waals surface area contributed by atoms with Gasteiger partial charge in [0.15, 0.2) is 0 Å². The molecule has 0 spiro atoms. The van der Waals surface area contributed by atoms with E-state index in [-0.39, 0.29) is 24.0 Å². The molecule has 1 fully saturated rings. The molecule has 6 nitrogen and oxygen atoms in total. The fourth-order valence-corrected chi connectivity index (χ4v) is 3.18. The van der Waals surface area contributed by atoms with Crippen LogP contribution in [-0.2, 0) is 4.74 Å². The summed E-state index contributed by atoms with van der Waals surface area (Å²) in [7, 11) is 0. The van der Waals surface area contributed by atoms with Gasteiger partial charge in [-0.3, -0.25) is 9.59 Å². The summed E-state index contributed by atoms with van der Waals surface area (Å²) in [6.45, 7) is 4.91. The van der Waals surface area contributed by atoms with Crippen molar-refractivity contribution >= 4 is 17.5 Å². The molecular formula is C21H21N3O3. The third-order valence-corrected chi connectivity index (χ3v) is 4.39. The molecule has 2 aromatic rings. The van der Waals surface area contributed by atoms with Crippen molar-refractivity contribution in [1.29, 1.82) is 5.26 Å². The Balaban J connectivity index is 1.80. The van der Waals surface area contributed by atoms with Gasteiger partial charge in [-0.05, 0) is 50.2 Å². The Labute approximate surface area is 158 Å². The third kappa shape index (κ3) is 4.33. The Morgan fingerprint density at radius 3 is 2.33 bits per heavy atom. The quantitative estimate of drug-likeness (QED) is 0.908. The van der Waals surface area contributed by atoms with Crippen molar-refractivity contribution in [3.8, 4) is 6.07 Å². The Bertz CT molecular complexity index is 876. The molecule has 2 aromatic carbocycles. The van der Waals surface area contributed by atoms with Crippen LogP contribution in [0.3, 0.4) is 0 Å². The van der Waals surface area contributed by atoms with Crippen molar-refractivity contribution in [3.05, 3.63) is 65.2 Å². The number of carbonyl (C=O) groups is 2. The van der Waals surface area contributed by atoms with Crippen LogP contribution in [0.15, 0.2) is 48.5 Å². The number of amides is 2. The van der Waals surface area contributed by atoms with Crippen LogP contribution in [0.5, 0.6) is 0 Å². The molecule has 2 atom stereocenters. The SMILES string of the molecule is C[C@@H]1CN(C(=O)c2ccccc2NC(=O)c2ccc(C#N)cc2)C[C@H](C)O1. The van der Waals surface area contributed by atoms with E-state index in [0.717, 1.165) is 0 Å². The van der Waals surface area contributed by atoms with Crippen LogP contribution >= 0.6 is 0 Å². The summed E-state index contributed by atoms with van der Waals surface area (Å²) in [6.07, 6.45) is -0.0591. The normalized spacial score (nSPS) is 19.2. The second-order valence-electron chi connectivity index (χ2n) is 6.66. The number of anilines is 1. The van der Waals surface area contributed by atoms with Gasteiger partial charge in [0.1, 0.15) is 0 Å². The average Bonchev–Trinajstić information content (AvgIpc) is 2.67. The van der Waals surface area contributed by atoms with E-state index in [9.17, 15) is 9.59 Å². The van der Waals surface area contributed by atoms with Gasteiger partial charge in [-0.2, -0.15) is 5.26 Å². The summed E-state index contributed by atoms with van der Waals surface area (Å²) < 4.78 is 5.69. The molecule has 0 saturated carbocycles. The smallest absolute Gasteiger partial charge is 0.256 e. The zero-order valence-corrected chi connectivity index (χ0v) is 15.3. The number of rotatable bonds is 3. The Morgan fingerprint density at radius 1 is 1.07 bits per heavy atom. The zero-order valence-electron chi connectivity index (χ0n) is 15.3. The first kappa shape index (κ1) is 18.6. The fourth-order valence-electron chi connectivity index (χ4n) is 3.18. The van der Waals surface area contributed by atoms with Gasteiger partial charge >= 0.3 is 0 Å². The van der Waals surface area contributed by atoms with E-state index in [1.54, 1.807) is 53.4 Å². The minimum Gasteiger partial charge on any atom is -0.372 e. The van der Waals surface area contributed by atoms with Crippen LogP contribution in [0, 0.1) is 11.3 Å². The molecule has 0 bridgehead atoms. The molecule has 0 radical (unpaired) electrons. The van der Waals surface area contributed by atoms with Gasteiger partial charge in [-0.25, -0.2) is 0 Å². The molecule has 138 valence electrons. The summed E-state index contributed by atoms with van der Waals surface area (Å²) in [5.41, 5.74) is 1.81. The molecule has 0 aliphatic carbocycles. The van der Waals surface area contributed by atoms with E-state index in [4.69, 9.17) is 10.00 Å². The molecule has 1 N–H and O–H groups in total. The molecular weight excluding hydrogens is 342 g/mol. The van der Waals surface area contributed by atoms with Crippen molar-refractivity contribution in [3.63, 3.8) is 0 Å². The Kier molecular flexibility index (Phi) is 5.53. The number of nitrogens with zero attached hydrogens (tertiary/aromatic N) is 2. The van der Waals surface area contributed by atoms with E-state index >= 15 is 0 Å². The molecule has 0 unspecified atom stereocenters. The van der Waals surface area contributed by atoms with E-state index < -0.39 is 0 Å². The number of ether oxygens (including phenoxy) is 1. The van der Waals surface area contributed by atoms with Crippen molar-refractivity contribution in [1.82, 2.24) is 4.90 Å². The summed E-state index contributed by atoms with van der Waals surface area (Å²) in [6, 6.07) is 15.3. The van der Waals surface area contributed by atoms with Crippen LogP contribution in [0.1, 0.15) is 40.1 Å². The van der Waals surface area contributed by atoms with E-state index in [1.165, 1.54) is 0 Å².